The molecule has 4 rings (SSSR count). The molecule has 0 aliphatic rings. The molecule has 0 aliphatic carbocycles. The van der Waals surface area contributed by atoms with E-state index in [1.165, 1.54) is 0 Å². The average molecular weight is 418 g/mol. The van der Waals surface area contributed by atoms with E-state index in [0.29, 0.717) is 5.75 Å². The smallest absolute Gasteiger partial charge is 0.335 e. The Bertz CT molecular complexity index is 1160. The van der Waals surface area contributed by atoms with Crippen molar-refractivity contribution in [3.8, 4) is 5.75 Å². The fourth-order valence-electron chi connectivity index (χ4n) is 3.33. The Kier molecular flexibility index (Phi) is 6.59. The van der Waals surface area contributed by atoms with Gasteiger partial charge in [-0.1, -0.05) is 79.4 Å². The summed E-state index contributed by atoms with van der Waals surface area (Å²) in [5.41, 5.74) is 5.42. The Labute approximate surface area is 188 Å². The molecule has 3 nitrogen and oxygen atoms in total. The third kappa shape index (κ3) is 5.21. The monoisotopic (exact) mass is 417 g/mol. The molecule has 0 radical (unpaired) electrons. The summed E-state index contributed by atoms with van der Waals surface area (Å²) in [5, 5.41) is 0. The molecule has 156 valence electrons. The van der Waals surface area contributed by atoms with Gasteiger partial charge in [-0.05, 0) is 59.7 Å². The summed E-state index contributed by atoms with van der Waals surface area (Å²) < 4.78 is 5.10. The second-order valence-corrected chi connectivity index (χ2v) is 7.13. The van der Waals surface area contributed by atoms with Crippen molar-refractivity contribution in [2.45, 2.75) is 0 Å². The van der Waals surface area contributed by atoms with E-state index >= 15 is 0 Å². The summed E-state index contributed by atoms with van der Waals surface area (Å²) in [4.78, 5) is 13.5. The molecule has 0 saturated heterocycles. The maximum absolute atomic E-state index is 11.3. The molecule has 0 unspecified atom stereocenters. The first-order chi connectivity index (χ1) is 15.7. The van der Waals surface area contributed by atoms with Gasteiger partial charge in [-0.15, -0.1) is 0 Å². The number of carbonyl (C=O) groups is 1. The van der Waals surface area contributed by atoms with Crippen LogP contribution in [0.2, 0.25) is 0 Å². The first-order valence-electron chi connectivity index (χ1n) is 10.4. The largest absolute Gasteiger partial charge is 0.423 e. The van der Waals surface area contributed by atoms with Crippen molar-refractivity contribution in [2.75, 3.05) is 4.90 Å². The van der Waals surface area contributed by atoms with E-state index in [2.05, 4.69) is 66.1 Å². The summed E-state index contributed by atoms with van der Waals surface area (Å²) in [5.74, 6) is 0.0340. The third-order valence-electron chi connectivity index (χ3n) is 4.91. The highest BCUT2D eigenvalue weighted by Crippen LogP contribution is 2.34. The fraction of sp³-hybridized carbons (Fsp3) is 0. The number of benzene rings is 4. The molecule has 0 bridgehead atoms. The van der Waals surface area contributed by atoms with Crippen LogP contribution in [0.3, 0.4) is 0 Å². The second kappa shape index (κ2) is 10.1. The maximum Gasteiger partial charge on any atom is 0.335 e. The summed E-state index contributed by atoms with van der Waals surface area (Å²) in [7, 11) is 0. The standard InChI is InChI=1S/C29H23NO2/c1-2-29(31)32-28-21-17-24(18-22-28)14-13-23-15-19-27(20-16-23)30(25-9-5-3-6-10-25)26-11-7-4-8-12-26/h2-22H,1H2. The van der Waals surface area contributed by atoms with Crippen molar-refractivity contribution >= 4 is 35.2 Å². The van der Waals surface area contributed by atoms with E-state index in [1.807, 2.05) is 54.6 Å². The first-order valence-corrected chi connectivity index (χ1v) is 10.4. The van der Waals surface area contributed by atoms with Gasteiger partial charge in [-0.2, -0.15) is 0 Å². The van der Waals surface area contributed by atoms with Crippen LogP contribution in [0.4, 0.5) is 17.1 Å². The topological polar surface area (TPSA) is 29.5 Å². The molecule has 4 aromatic rings. The predicted molar refractivity (Wildman–Crippen MR) is 132 cm³/mol. The zero-order chi connectivity index (χ0) is 22.2. The lowest BCUT2D eigenvalue weighted by Gasteiger charge is -2.25. The Balaban J connectivity index is 1.53. The number of nitrogens with zero attached hydrogens (tertiary/aromatic N) is 1. The van der Waals surface area contributed by atoms with Crippen LogP contribution in [0, 0.1) is 0 Å². The van der Waals surface area contributed by atoms with Crippen molar-refractivity contribution in [2.24, 2.45) is 0 Å². The first kappa shape index (κ1) is 20.9. The number of para-hydroxylation sites is 2. The molecule has 4 aromatic carbocycles. The van der Waals surface area contributed by atoms with Gasteiger partial charge in [0, 0.05) is 23.1 Å². The Morgan fingerprint density at radius 2 is 1.06 bits per heavy atom. The van der Waals surface area contributed by atoms with E-state index < -0.39 is 5.97 Å². The van der Waals surface area contributed by atoms with Gasteiger partial charge >= 0.3 is 5.97 Å². The summed E-state index contributed by atoms with van der Waals surface area (Å²) in [6.07, 6.45) is 5.23. The highest BCUT2D eigenvalue weighted by molar-refractivity contribution is 5.83. The lowest BCUT2D eigenvalue weighted by Crippen LogP contribution is -2.09. The zero-order valence-corrected chi connectivity index (χ0v) is 17.6. The van der Waals surface area contributed by atoms with E-state index in [-0.39, 0.29) is 0 Å². The quantitative estimate of drug-likeness (QED) is 0.136. The van der Waals surface area contributed by atoms with Gasteiger partial charge in [0.05, 0.1) is 0 Å². The summed E-state index contributed by atoms with van der Waals surface area (Å²) in [6, 6.07) is 36.5. The van der Waals surface area contributed by atoms with E-state index in [4.69, 9.17) is 4.74 Å². The summed E-state index contributed by atoms with van der Waals surface area (Å²) >= 11 is 0. The average Bonchev–Trinajstić information content (AvgIpc) is 2.86. The second-order valence-electron chi connectivity index (χ2n) is 7.13. The molecular weight excluding hydrogens is 394 g/mol. The number of esters is 1. The number of ether oxygens (including phenoxy) is 1. The third-order valence-corrected chi connectivity index (χ3v) is 4.91. The molecule has 32 heavy (non-hydrogen) atoms. The minimum Gasteiger partial charge on any atom is -0.423 e. The Morgan fingerprint density at radius 3 is 1.53 bits per heavy atom. The minimum absolute atomic E-state index is 0.464. The molecule has 0 spiro atoms. The van der Waals surface area contributed by atoms with Crippen LogP contribution in [0.15, 0.2) is 122 Å². The van der Waals surface area contributed by atoms with Crippen LogP contribution in [0.5, 0.6) is 5.75 Å². The number of carbonyl (C=O) groups excluding carboxylic acids is 1. The van der Waals surface area contributed by atoms with E-state index in [9.17, 15) is 4.79 Å². The number of rotatable bonds is 7. The lowest BCUT2D eigenvalue weighted by molar-refractivity contribution is -0.128. The van der Waals surface area contributed by atoms with E-state index in [0.717, 1.165) is 34.3 Å². The van der Waals surface area contributed by atoms with Crippen LogP contribution in [-0.2, 0) is 4.79 Å². The van der Waals surface area contributed by atoms with Crippen LogP contribution >= 0.6 is 0 Å². The number of hydrogen-bond acceptors (Lipinski definition) is 3. The SMILES string of the molecule is C=CC(=O)Oc1ccc(C=Cc2ccc(N(c3ccccc3)c3ccccc3)cc2)cc1. The highest BCUT2D eigenvalue weighted by Gasteiger charge is 2.11. The minimum atomic E-state index is -0.464. The molecule has 0 fully saturated rings. The van der Waals surface area contributed by atoms with Crippen molar-refractivity contribution in [3.05, 3.63) is 133 Å². The van der Waals surface area contributed by atoms with Gasteiger partial charge in [0.1, 0.15) is 5.75 Å². The molecule has 0 heterocycles. The molecule has 0 aliphatic heterocycles. The fourth-order valence-corrected chi connectivity index (χ4v) is 3.33. The van der Waals surface area contributed by atoms with Crippen molar-refractivity contribution in [1.29, 1.82) is 0 Å². The van der Waals surface area contributed by atoms with Crippen LogP contribution in [-0.4, -0.2) is 5.97 Å². The van der Waals surface area contributed by atoms with Gasteiger partial charge in [0.25, 0.3) is 0 Å². The van der Waals surface area contributed by atoms with Crippen molar-refractivity contribution in [3.63, 3.8) is 0 Å². The number of hydrogen-bond donors (Lipinski definition) is 0. The summed E-state index contributed by atoms with van der Waals surface area (Å²) in [6.45, 7) is 3.40. The van der Waals surface area contributed by atoms with Crippen LogP contribution in [0.25, 0.3) is 12.2 Å². The molecule has 0 aromatic heterocycles. The maximum atomic E-state index is 11.3. The molecule has 0 amide bonds. The predicted octanol–water partition coefficient (Wildman–Crippen LogP) is 7.42. The molecule has 0 atom stereocenters. The van der Waals surface area contributed by atoms with Crippen molar-refractivity contribution < 1.29 is 9.53 Å². The van der Waals surface area contributed by atoms with Gasteiger partial charge in [-0.3, -0.25) is 0 Å². The Hall–Kier alpha value is -4.37. The Morgan fingerprint density at radius 1 is 0.625 bits per heavy atom. The van der Waals surface area contributed by atoms with Gasteiger partial charge in [0.15, 0.2) is 0 Å². The normalized spacial score (nSPS) is 10.6. The van der Waals surface area contributed by atoms with Crippen LogP contribution < -0.4 is 9.64 Å². The molecular formula is C29H23NO2. The molecule has 3 heteroatoms. The number of anilines is 3. The van der Waals surface area contributed by atoms with Crippen molar-refractivity contribution in [1.82, 2.24) is 0 Å². The molecule has 0 saturated carbocycles. The van der Waals surface area contributed by atoms with Gasteiger partial charge in [0.2, 0.25) is 0 Å². The van der Waals surface area contributed by atoms with Gasteiger partial charge in [-0.25, -0.2) is 4.79 Å². The molecule has 0 N–H and O–H groups in total. The zero-order valence-electron chi connectivity index (χ0n) is 17.6. The van der Waals surface area contributed by atoms with Crippen LogP contribution in [0.1, 0.15) is 11.1 Å². The van der Waals surface area contributed by atoms with E-state index in [1.54, 1.807) is 12.1 Å². The highest BCUT2D eigenvalue weighted by atomic mass is 16.5. The lowest BCUT2D eigenvalue weighted by atomic mass is 10.1. The van der Waals surface area contributed by atoms with Gasteiger partial charge < -0.3 is 9.64 Å².